The molecule has 158 valence electrons. The second kappa shape index (κ2) is 7.52. The maximum absolute atomic E-state index is 13.4. The summed E-state index contributed by atoms with van der Waals surface area (Å²) in [5.41, 5.74) is 1.51. The zero-order valence-corrected chi connectivity index (χ0v) is 17.4. The Bertz CT molecular complexity index is 1070. The summed E-state index contributed by atoms with van der Waals surface area (Å²) in [5, 5.41) is 5.32. The number of amides is 2. The Hall–Kier alpha value is -2.71. The van der Waals surface area contributed by atoms with Gasteiger partial charge in [-0.25, -0.2) is 4.39 Å². The fraction of sp³-hybridized carbons (Fsp3) is 0.381. The molecule has 0 atom stereocenters. The highest BCUT2D eigenvalue weighted by Gasteiger charge is 2.39. The first-order valence-corrected chi connectivity index (χ1v) is 10.0. The van der Waals surface area contributed by atoms with Crippen LogP contribution in [0.3, 0.4) is 0 Å². The molecular weight excluding hydrogens is 413 g/mol. The summed E-state index contributed by atoms with van der Waals surface area (Å²) < 4.78 is 20.3. The Labute approximate surface area is 177 Å². The van der Waals surface area contributed by atoms with Gasteiger partial charge in [-0.1, -0.05) is 11.6 Å². The van der Waals surface area contributed by atoms with Crippen LogP contribution in [-0.4, -0.2) is 40.9 Å². The normalized spacial score (nSPS) is 16.5. The van der Waals surface area contributed by atoms with E-state index in [9.17, 15) is 18.8 Å². The maximum Gasteiger partial charge on any atom is 0.293 e. The molecular formula is C21H21ClFN3O4. The number of anilines is 1. The van der Waals surface area contributed by atoms with Gasteiger partial charge in [-0.3, -0.25) is 14.4 Å². The molecule has 1 aromatic carbocycles. The number of ether oxygens (including phenoxy) is 1. The van der Waals surface area contributed by atoms with Crippen molar-refractivity contribution in [2.75, 3.05) is 18.5 Å². The van der Waals surface area contributed by atoms with Crippen LogP contribution in [0.1, 0.15) is 45.4 Å². The van der Waals surface area contributed by atoms with Crippen LogP contribution in [0.2, 0.25) is 5.02 Å². The third kappa shape index (κ3) is 3.50. The molecule has 2 aromatic rings. The lowest BCUT2D eigenvalue weighted by molar-refractivity contribution is -0.126. The summed E-state index contributed by atoms with van der Waals surface area (Å²) in [6.45, 7) is 4.75. The Kier molecular flexibility index (Phi) is 5.15. The zero-order valence-electron chi connectivity index (χ0n) is 16.6. The monoisotopic (exact) mass is 433 g/mol. The molecule has 2 N–H and O–H groups in total. The summed E-state index contributed by atoms with van der Waals surface area (Å²) in [7, 11) is 0. The number of fused-ring (bicyclic) bond motifs is 1. The minimum atomic E-state index is -0.707. The predicted octanol–water partition coefficient (Wildman–Crippen LogP) is 2.88. The van der Waals surface area contributed by atoms with Gasteiger partial charge in [0, 0.05) is 17.9 Å². The van der Waals surface area contributed by atoms with Gasteiger partial charge >= 0.3 is 0 Å². The molecule has 0 aliphatic carbocycles. The van der Waals surface area contributed by atoms with E-state index in [0.29, 0.717) is 48.8 Å². The molecule has 2 amide bonds. The van der Waals surface area contributed by atoms with Crippen LogP contribution in [0.5, 0.6) is 0 Å². The molecule has 7 nitrogen and oxygen atoms in total. The molecule has 0 bridgehead atoms. The van der Waals surface area contributed by atoms with Crippen molar-refractivity contribution < 1.29 is 23.5 Å². The van der Waals surface area contributed by atoms with Crippen molar-refractivity contribution in [3.05, 3.63) is 51.6 Å². The minimum Gasteiger partial charge on any atom is -0.376 e. The zero-order chi connectivity index (χ0) is 21.6. The Balaban J connectivity index is 1.63. The van der Waals surface area contributed by atoms with E-state index in [-0.39, 0.29) is 10.6 Å². The van der Waals surface area contributed by atoms with Gasteiger partial charge in [-0.2, -0.15) is 0 Å². The van der Waals surface area contributed by atoms with Crippen molar-refractivity contribution in [2.24, 2.45) is 0 Å². The molecule has 2 aliphatic rings. The molecule has 9 heteroatoms. The van der Waals surface area contributed by atoms with Gasteiger partial charge in [0.25, 0.3) is 17.6 Å². The SMILES string of the molecule is Cc1c(C(=O)C(=O)NC2(C)COC2)c2n(c1C(=O)Nc1ccc(F)c(Cl)c1)CCC2. The molecule has 1 saturated heterocycles. The van der Waals surface area contributed by atoms with E-state index in [2.05, 4.69) is 10.6 Å². The van der Waals surface area contributed by atoms with Crippen molar-refractivity contribution in [3.8, 4) is 0 Å². The fourth-order valence-corrected chi connectivity index (χ4v) is 4.18. The highest BCUT2D eigenvalue weighted by molar-refractivity contribution is 6.44. The summed E-state index contributed by atoms with van der Waals surface area (Å²) in [5.74, 6) is -2.40. The molecule has 0 radical (unpaired) electrons. The second-order valence-electron chi connectivity index (χ2n) is 7.97. The average Bonchev–Trinajstić information content (AvgIpc) is 3.22. The van der Waals surface area contributed by atoms with E-state index in [1.165, 1.54) is 12.1 Å². The number of benzene rings is 1. The Morgan fingerprint density at radius 2 is 2.00 bits per heavy atom. The van der Waals surface area contributed by atoms with Gasteiger partial charge in [-0.05, 0) is 50.5 Å². The van der Waals surface area contributed by atoms with Crippen LogP contribution in [0.25, 0.3) is 0 Å². The smallest absolute Gasteiger partial charge is 0.293 e. The van der Waals surface area contributed by atoms with E-state index < -0.39 is 29.0 Å². The lowest BCUT2D eigenvalue weighted by Crippen LogP contribution is -2.61. The van der Waals surface area contributed by atoms with E-state index in [4.69, 9.17) is 16.3 Å². The highest BCUT2D eigenvalue weighted by atomic mass is 35.5. The lowest BCUT2D eigenvalue weighted by Gasteiger charge is -2.38. The molecule has 1 aromatic heterocycles. The van der Waals surface area contributed by atoms with Gasteiger partial charge in [0.2, 0.25) is 0 Å². The number of halogens is 2. The number of hydrogen-bond acceptors (Lipinski definition) is 4. The summed E-state index contributed by atoms with van der Waals surface area (Å²) in [4.78, 5) is 38.5. The number of Topliss-reactive ketones (excluding diaryl/α,β-unsaturated/α-hetero) is 1. The number of nitrogens with zero attached hydrogens (tertiary/aromatic N) is 1. The van der Waals surface area contributed by atoms with Crippen molar-refractivity contribution in [3.63, 3.8) is 0 Å². The maximum atomic E-state index is 13.4. The second-order valence-corrected chi connectivity index (χ2v) is 8.38. The molecule has 3 heterocycles. The fourth-order valence-electron chi connectivity index (χ4n) is 4.00. The number of carbonyl (C=O) groups excluding carboxylic acids is 3. The van der Waals surface area contributed by atoms with Crippen LogP contribution in [-0.2, 0) is 22.5 Å². The molecule has 30 heavy (non-hydrogen) atoms. The molecule has 0 unspecified atom stereocenters. The topological polar surface area (TPSA) is 89.4 Å². The third-order valence-corrected chi connectivity index (χ3v) is 5.78. The van der Waals surface area contributed by atoms with Gasteiger partial charge in [-0.15, -0.1) is 0 Å². The molecule has 2 aliphatic heterocycles. The van der Waals surface area contributed by atoms with Gasteiger partial charge < -0.3 is 19.9 Å². The first kappa shape index (κ1) is 20.6. The van der Waals surface area contributed by atoms with Gasteiger partial charge in [0.05, 0.1) is 29.3 Å². The highest BCUT2D eigenvalue weighted by Crippen LogP contribution is 2.30. The van der Waals surface area contributed by atoms with E-state index in [1.807, 2.05) is 6.92 Å². The van der Waals surface area contributed by atoms with Crippen LogP contribution in [0.4, 0.5) is 10.1 Å². The third-order valence-electron chi connectivity index (χ3n) is 5.49. The van der Waals surface area contributed by atoms with Crippen LogP contribution < -0.4 is 10.6 Å². The number of aromatic nitrogens is 1. The van der Waals surface area contributed by atoms with Crippen molar-refractivity contribution >= 4 is 34.9 Å². The van der Waals surface area contributed by atoms with Crippen molar-refractivity contribution in [2.45, 2.75) is 38.8 Å². The van der Waals surface area contributed by atoms with Crippen LogP contribution in [0, 0.1) is 12.7 Å². The molecule has 0 saturated carbocycles. The van der Waals surface area contributed by atoms with Crippen LogP contribution in [0.15, 0.2) is 18.2 Å². The standard InChI is InChI=1S/C21H21ClFN3O4/c1-11-16(18(27)20(29)25-21(2)9-30-10-21)15-4-3-7-26(15)17(11)19(28)24-12-5-6-14(23)13(22)8-12/h5-6,8H,3-4,7,9-10H2,1-2H3,(H,24,28)(H,25,29). The summed E-state index contributed by atoms with van der Waals surface area (Å²) in [6, 6.07) is 3.89. The minimum absolute atomic E-state index is 0.106. The van der Waals surface area contributed by atoms with Gasteiger partial charge in [0.1, 0.15) is 11.5 Å². The number of hydrogen-bond donors (Lipinski definition) is 2. The summed E-state index contributed by atoms with van der Waals surface area (Å²) in [6.07, 6.45) is 1.37. The number of nitrogens with one attached hydrogen (secondary N) is 2. The van der Waals surface area contributed by atoms with E-state index >= 15 is 0 Å². The molecule has 4 rings (SSSR count). The Morgan fingerprint density at radius 3 is 2.63 bits per heavy atom. The van der Waals surface area contributed by atoms with E-state index in [0.717, 1.165) is 12.5 Å². The molecule has 0 spiro atoms. The Morgan fingerprint density at radius 1 is 1.27 bits per heavy atom. The average molecular weight is 434 g/mol. The summed E-state index contributed by atoms with van der Waals surface area (Å²) >= 11 is 5.79. The van der Waals surface area contributed by atoms with Gasteiger partial charge in [0.15, 0.2) is 0 Å². The number of rotatable bonds is 5. The molecule has 1 fully saturated rings. The lowest BCUT2D eigenvalue weighted by atomic mass is 9.98. The van der Waals surface area contributed by atoms with E-state index in [1.54, 1.807) is 11.5 Å². The van der Waals surface area contributed by atoms with Crippen molar-refractivity contribution in [1.82, 2.24) is 9.88 Å². The largest absolute Gasteiger partial charge is 0.376 e. The number of ketones is 1. The quantitative estimate of drug-likeness (QED) is 0.560. The predicted molar refractivity (Wildman–Crippen MR) is 109 cm³/mol. The van der Waals surface area contributed by atoms with Crippen molar-refractivity contribution in [1.29, 1.82) is 0 Å². The van der Waals surface area contributed by atoms with Crippen LogP contribution >= 0.6 is 11.6 Å². The first-order valence-electron chi connectivity index (χ1n) is 9.63. The number of carbonyl (C=O) groups is 3. The first-order chi connectivity index (χ1) is 14.2.